The molecular weight excluding hydrogens is 281 g/mol. The predicted octanol–water partition coefficient (Wildman–Crippen LogP) is 2.26. The van der Waals surface area contributed by atoms with Crippen LogP contribution in [0.25, 0.3) is 0 Å². The number of sulfone groups is 1. The second kappa shape index (κ2) is 5.92. The molecule has 4 nitrogen and oxygen atoms in total. The van der Waals surface area contributed by atoms with Crippen molar-refractivity contribution in [3.8, 4) is 5.75 Å². The Hall–Kier alpha value is -2.08. The van der Waals surface area contributed by atoms with Gasteiger partial charge in [-0.1, -0.05) is 0 Å². The fourth-order valence-corrected chi connectivity index (χ4v) is 2.68. The Labute approximate surface area is 116 Å². The van der Waals surface area contributed by atoms with Gasteiger partial charge in [0.2, 0.25) is 0 Å². The number of nitrogens with two attached hydrogens (primary N) is 1. The highest BCUT2D eigenvalue weighted by molar-refractivity contribution is 7.91. The normalized spacial score (nSPS) is 11.2. The molecule has 6 heteroatoms. The van der Waals surface area contributed by atoms with E-state index in [4.69, 9.17) is 10.5 Å². The highest BCUT2D eigenvalue weighted by atomic mass is 32.2. The van der Waals surface area contributed by atoms with Gasteiger partial charge in [-0.3, -0.25) is 0 Å². The van der Waals surface area contributed by atoms with Crippen molar-refractivity contribution >= 4 is 15.5 Å². The molecule has 2 rings (SSSR count). The van der Waals surface area contributed by atoms with Gasteiger partial charge in [-0.25, -0.2) is 12.8 Å². The predicted molar refractivity (Wildman–Crippen MR) is 74.8 cm³/mol. The van der Waals surface area contributed by atoms with Crippen molar-refractivity contribution in [2.75, 3.05) is 18.1 Å². The van der Waals surface area contributed by atoms with Gasteiger partial charge in [0.25, 0.3) is 0 Å². The smallest absolute Gasteiger partial charge is 0.181 e. The van der Waals surface area contributed by atoms with Gasteiger partial charge in [0, 0.05) is 5.69 Å². The molecule has 0 aliphatic carbocycles. The van der Waals surface area contributed by atoms with Crippen LogP contribution in [-0.4, -0.2) is 20.8 Å². The average molecular weight is 295 g/mol. The van der Waals surface area contributed by atoms with E-state index < -0.39 is 15.7 Å². The van der Waals surface area contributed by atoms with Crippen molar-refractivity contribution < 1.29 is 17.5 Å². The van der Waals surface area contributed by atoms with E-state index in [0.717, 1.165) is 12.1 Å². The van der Waals surface area contributed by atoms with E-state index in [1.807, 2.05) is 0 Å². The molecular formula is C14H14FNO3S. The van der Waals surface area contributed by atoms with Gasteiger partial charge in [-0.15, -0.1) is 0 Å². The Morgan fingerprint density at radius 1 is 1.00 bits per heavy atom. The number of hydrogen-bond acceptors (Lipinski definition) is 4. The van der Waals surface area contributed by atoms with Crippen LogP contribution in [0.2, 0.25) is 0 Å². The van der Waals surface area contributed by atoms with Crippen molar-refractivity contribution in [2.45, 2.75) is 4.90 Å². The minimum atomic E-state index is -3.47. The Balaban J connectivity index is 1.96. The maximum absolute atomic E-state index is 12.8. The van der Waals surface area contributed by atoms with Crippen molar-refractivity contribution in [3.63, 3.8) is 0 Å². The van der Waals surface area contributed by atoms with E-state index in [1.54, 1.807) is 24.3 Å². The van der Waals surface area contributed by atoms with Crippen molar-refractivity contribution in [1.29, 1.82) is 0 Å². The quantitative estimate of drug-likeness (QED) is 0.678. The van der Waals surface area contributed by atoms with Gasteiger partial charge in [-0.2, -0.15) is 0 Å². The maximum Gasteiger partial charge on any atom is 0.181 e. The van der Waals surface area contributed by atoms with Crippen molar-refractivity contribution in [3.05, 3.63) is 54.3 Å². The second-order valence-electron chi connectivity index (χ2n) is 4.19. The van der Waals surface area contributed by atoms with Crippen molar-refractivity contribution in [2.24, 2.45) is 0 Å². The molecule has 0 amide bonds. The fraction of sp³-hybridized carbons (Fsp3) is 0.143. The average Bonchev–Trinajstić information content (AvgIpc) is 2.41. The van der Waals surface area contributed by atoms with Crippen LogP contribution in [0, 0.1) is 5.82 Å². The summed E-state index contributed by atoms with van der Waals surface area (Å²) in [7, 11) is -3.47. The molecule has 0 atom stereocenters. The molecule has 0 saturated carbocycles. The number of ether oxygens (including phenoxy) is 1. The van der Waals surface area contributed by atoms with Crippen LogP contribution in [0.1, 0.15) is 0 Å². The molecule has 2 aromatic carbocycles. The molecule has 0 aliphatic rings. The van der Waals surface area contributed by atoms with Crippen LogP contribution in [0.3, 0.4) is 0 Å². The highest BCUT2D eigenvalue weighted by Crippen LogP contribution is 2.15. The van der Waals surface area contributed by atoms with E-state index in [2.05, 4.69) is 0 Å². The van der Waals surface area contributed by atoms with E-state index in [0.29, 0.717) is 11.4 Å². The summed E-state index contributed by atoms with van der Waals surface area (Å²) in [6.07, 6.45) is 0. The summed E-state index contributed by atoms with van der Waals surface area (Å²) in [5.74, 6) is -0.0983. The minimum absolute atomic E-state index is 0.0175. The zero-order valence-corrected chi connectivity index (χ0v) is 11.4. The molecule has 0 spiro atoms. The summed E-state index contributed by atoms with van der Waals surface area (Å²) in [4.78, 5) is 0.0832. The van der Waals surface area contributed by atoms with Gasteiger partial charge >= 0.3 is 0 Å². The lowest BCUT2D eigenvalue weighted by molar-refractivity contribution is 0.341. The molecule has 0 radical (unpaired) electrons. The molecule has 0 fully saturated rings. The number of rotatable bonds is 5. The summed E-state index contributed by atoms with van der Waals surface area (Å²) < 4.78 is 42.0. The lowest BCUT2D eigenvalue weighted by Crippen LogP contribution is -2.14. The fourth-order valence-electron chi connectivity index (χ4n) is 1.59. The Morgan fingerprint density at radius 3 is 2.20 bits per heavy atom. The van der Waals surface area contributed by atoms with Gasteiger partial charge in [0.1, 0.15) is 18.2 Å². The lowest BCUT2D eigenvalue weighted by atomic mass is 10.3. The Morgan fingerprint density at radius 2 is 1.60 bits per heavy atom. The number of nitrogen functional groups attached to an aromatic ring is 1. The lowest BCUT2D eigenvalue weighted by Gasteiger charge is -2.07. The Bertz CT molecular complexity index is 667. The van der Waals surface area contributed by atoms with Gasteiger partial charge in [0.15, 0.2) is 9.84 Å². The molecule has 2 N–H and O–H groups in total. The second-order valence-corrected chi connectivity index (χ2v) is 6.30. The van der Waals surface area contributed by atoms with Gasteiger partial charge in [-0.05, 0) is 48.5 Å². The monoisotopic (exact) mass is 295 g/mol. The summed E-state index contributed by atoms with van der Waals surface area (Å²) >= 11 is 0. The summed E-state index contributed by atoms with van der Waals surface area (Å²) in [6, 6.07) is 11.4. The highest BCUT2D eigenvalue weighted by Gasteiger charge is 2.14. The van der Waals surface area contributed by atoms with Gasteiger partial charge < -0.3 is 10.5 Å². The van der Waals surface area contributed by atoms with Crippen LogP contribution >= 0.6 is 0 Å². The number of anilines is 1. The molecule has 0 heterocycles. The van der Waals surface area contributed by atoms with Crippen LogP contribution in [0.5, 0.6) is 5.75 Å². The molecule has 106 valence electrons. The van der Waals surface area contributed by atoms with Crippen LogP contribution < -0.4 is 10.5 Å². The van der Waals surface area contributed by atoms with Crippen LogP contribution in [0.15, 0.2) is 53.4 Å². The largest absolute Gasteiger partial charge is 0.493 e. The van der Waals surface area contributed by atoms with E-state index in [9.17, 15) is 12.8 Å². The first-order valence-corrected chi connectivity index (χ1v) is 7.59. The zero-order valence-electron chi connectivity index (χ0n) is 10.6. The molecule has 0 unspecified atom stereocenters. The van der Waals surface area contributed by atoms with E-state index in [1.165, 1.54) is 12.1 Å². The SMILES string of the molecule is Nc1ccc(OCCS(=O)(=O)c2ccc(F)cc2)cc1. The molecule has 0 aliphatic heterocycles. The third-order valence-corrected chi connectivity index (χ3v) is 4.37. The summed E-state index contributed by atoms with van der Waals surface area (Å²) in [6.45, 7) is 0.0175. The van der Waals surface area contributed by atoms with E-state index >= 15 is 0 Å². The molecule has 0 aromatic heterocycles. The molecule has 0 saturated heterocycles. The van der Waals surface area contributed by atoms with Crippen molar-refractivity contribution in [1.82, 2.24) is 0 Å². The Kier molecular flexibility index (Phi) is 4.24. The van der Waals surface area contributed by atoms with Crippen LogP contribution in [-0.2, 0) is 9.84 Å². The molecule has 2 aromatic rings. The maximum atomic E-state index is 12.8. The third-order valence-electron chi connectivity index (χ3n) is 2.67. The first-order valence-electron chi connectivity index (χ1n) is 5.94. The summed E-state index contributed by atoms with van der Waals surface area (Å²) in [5.41, 5.74) is 6.14. The summed E-state index contributed by atoms with van der Waals surface area (Å²) in [5, 5.41) is 0. The van der Waals surface area contributed by atoms with Gasteiger partial charge in [0.05, 0.1) is 10.6 Å². The molecule has 0 bridgehead atoms. The molecule has 20 heavy (non-hydrogen) atoms. The standard InChI is InChI=1S/C14H14FNO3S/c15-11-1-7-14(8-2-11)20(17,18)10-9-19-13-5-3-12(16)4-6-13/h1-8H,9-10,16H2. The first-order chi connectivity index (χ1) is 9.47. The van der Waals surface area contributed by atoms with E-state index in [-0.39, 0.29) is 17.3 Å². The zero-order chi connectivity index (χ0) is 14.6. The number of benzene rings is 2. The van der Waals surface area contributed by atoms with Crippen LogP contribution in [0.4, 0.5) is 10.1 Å². The topological polar surface area (TPSA) is 69.4 Å². The number of halogens is 1. The minimum Gasteiger partial charge on any atom is -0.493 e. The third kappa shape index (κ3) is 3.71. The first kappa shape index (κ1) is 14.3. The number of hydrogen-bond donors (Lipinski definition) is 1.